The predicted octanol–water partition coefficient (Wildman–Crippen LogP) is -1.24. The molecule has 1 aliphatic rings. The van der Waals surface area contributed by atoms with Crippen LogP contribution in [0.25, 0.3) is 0 Å². The number of pyridine rings is 1. The van der Waals surface area contributed by atoms with Crippen molar-refractivity contribution in [3.8, 4) is 0 Å². The molecule has 0 spiro atoms. The van der Waals surface area contributed by atoms with Crippen LogP contribution in [0.5, 0.6) is 0 Å². The van der Waals surface area contributed by atoms with E-state index in [0.29, 0.717) is 0 Å². The monoisotopic (exact) mass is 286 g/mol. The Hall–Kier alpha value is -1.81. The minimum atomic E-state index is -1.87. The topological polar surface area (TPSA) is 135 Å². The van der Waals surface area contributed by atoms with E-state index in [1.807, 2.05) is 0 Å². The van der Waals surface area contributed by atoms with Gasteiger partial charge in [0.2, 0.25) is 0 Å². The Morgan fingerprint density at radius 2 is 2.20 bits per heavy atom. The Balaban J connectivity index is 2.48. The minimum Gasteiger partial charge on any atom is -0.394 e. The van der Waals surface area contributed by atoms with E-state index in [2.05, 4.69) is 0 Å². The van der Waals surface area contributed by atoms with Crippen molar-refractivity contribution in [2.24, 2.45) is 0 Å². The normalized spacial score (nSPS) is 33.3. The SMILES string of the molecule is C[C@]1(O)C(O)[C@@H](CO)O[C@H]1n1cc([N+](=O)[O-])ccc1=O. The summed E-state index contributed by atoms with van der Waals surface area (Å²) in [5.74, 6) is 0. The summed E-state index contributed by atoms with van der Waals surface area (Å²) in [4.78, 5) is 21.8. The molecule has 0 saturated carbocycles. The van der Waals surface area contributed by atoms with Crippen LogP contribution >= 0.6 is 0 Å². The second-order valence-electron chi connectivity index (χ2n) is 4.77. The molecule has 0 aromatic carbocycles. The van der Waals surface area contributed by atoms with Gasteiger partial charge in [-0.05, 0) is 6.92 Å². The van der Waals surface area contributed by atoms with Crippen molar-refractivity contribution < 1.29 is 25.0 Å². The average Bonchev–Trinajstić information content (AvgIpc) is 2.61. The van der Waals surface area contributed by atoms with Crippen LogP contribution in [-0.4, -0.2) is 49.2 Å². The van der Waals surface area contributed by atoms with Gasteiger partial charge in [-0.1, -0.05) is 0 Å². The van der Waals surface area contributed by atoms with E-state index in [-0.39, 0.29) is 5.69 Å². The van der Waals surface area contributed by atoms with Crippen LogP contribution in [0, 0.1) is 10.1 Å². The van der Waals surface area contributed by atoms with Gasteiger partial charge in [-0.3, -0.25) is 19.5 Å². The first-order chi connectivity index (χ1) is 9.28. The lowest BCUT2D eigenvalue weighted by atomic mass is 9.96. The van der Waals surface area contributed by atoms with E-state index in [1.54, 1.807) is 0 Å². The first kappa shape index (κ1) is 14.6. The number of nitrogens with zero attached hydrogens (tertiary/aromatic N) is 2. The minimum absolute atomic E-state index is 0.356. The van der Waals surface area contributed by atoms with Crippen molar-refractivity contribution in [2.45, 2.75) is 31.0 Å². The van der Waals surface area contributed by atoms with E-state index in [1.165, 1.54) is 6.92 Å². The third-order valence-corrected chi connectivity index (χ3v) is 3.32. The van der Waals surface area contributed by atoms with Crippen molar-refractivity contribution in [1.82, 2.24) is 4.57 Å². The van der Waals surface area contributed by atoms with Gasteiger partial charge in [0.25, 0.3) is 11.2 Å². The molecule has 2 rings (SSSR count). The number of rotatable bonds is 3. The van der Waals surface area contributed by atoms with Crippen LogP contribution < -0.4 is 5.56 Å². The van der Waals surface area contributed by atoms with Crippen LogP contribution in [0.4, 0.5) is 5.69 Å². The lowest BCUT2D eigenvalue weighted by Gasteiger charge is -2.27. The molecule has 1 saturated heterocycles. The highest BCUT2D eigenvalue weighted by Crippen LogP contribution is 2.37. The lowest BCUT2D eigenvalue weighted by Crippen LogP contribution is -2.45. The first-order valence-corrected chi connectivity index (χ1v) is 5.82. The van der Waals surface area contributed by atoms with E-state index < -0.39 is 41.1 Å². The second kappa shape index (κ2) is 4.94. The number of hydrogen-bond donors (Lipinski definition) is 3. The van der Waals surface area contributed by atoms with Gasteiger partial charge in [-0.15, -0.1) is 0 Å². The molecule has 3 N–H and O–H groups in total. The fourth-order valence-corrected chi connectivity index (χ4v) is 2.17. The molecule has 1 aromatic heterocycles. The highest BCUT2D eigenvalue weighted by Gasteiger charge is 2.53. The van der Waals surface area contributed by atoms with Gasteiger partial charge < -0.3 is 20.1 Å². The molecule has 2 heterocycles. The van der Waals surface area contributed by atoms with E-state index in [0.717, 1.165) is 22.9 Å². The highest BCUT2D eigenvalue weighted by molar-refractivity contribution is 5.25. The van der Waals surface area contributed by atoms with E-state index in [4.69, 9.17) is 9.84 Å². The Morgan fingerprint density at radius 1 is 1.55 bits per heavy atom. The molecule has 0 aliphatic carbocycles. The van der Waals surface area contributed by atoms with Gasteiger partial charge in [0.1, 0.15) is 17.8 Å². The molecule has 4 atom stereocenters. The maximum atomic E-state index is 11.8. The zero-order valence-corrected chi connectivity index (χ0v) is 10.5. The third kappa shape index (κ3) is 2.20. The van der Waals surface area contributed by atoms with Crippen molar-refractivity contribution in [1.29, 1.82) is 0 Å². The number of aliphatic hydroxyl groups is 3. The smallest absolute Gasteiger partial charge is 0.285 e. The number of hydrogen-bond acceptors (Lipinski definition) is 7. The molecule has 110 valence electrons. The van der Waals surface area contributed by atoms with Crippen LogP contribution in [-0.2, 0) is 4.74 Å². The zero-order valence-electron chi connectivity index (χ0n) is 10.5. The maximum absolute atomic E-state index is 11.8. The quantitative estimate of drug-likeness (QED) is 0.467. The molecule has 1 unspecified atom stereocenters. The summed E-state index contributed by atoms with van der Waals surface area (Å²) < 4.78 is 6.06. The van der Waals surface area contributed by atoms with Crippen molar-refractivity contribution in [2.75, 3.05) is 6.61 Å². The largest absolute Gasteiger partial charge is 0.394 e. The van der Waals surface area contributed by atoms with Crippen molar-refractivity contribution in [3.63, 3.8) is 0 Å². The van der Waals surface area contributed by atoms with E-state index >= 15 is 0 Å². The van der Waals surface area contributed by atoms with Gasteiger partial charge in [0.05, 0.1) is 17.7 Å². The molecule has 1 aromatic rings. The Morgan fingerprint density at radius 3 is 2.70 bits per heavy atom. The Kier molecular flexibility index (Phi) is 3.61. The van der Waals surface area contributed by atoms with Crippen LogP contribution in [0.15, 0.2) is 23.1 Å². The Bertz CT molecular complexity index is 582. The Labute approximate surface area is 112 Å². The lowest BCUT2D eigenvalue weighted by molar-refractivity contribution is -0.385. The first-order valence-electron chi connectivity index (χ1n) is 5.82. The molecular weight excluding hydrogens is 272 g/mol. The summed E-state index contributed by atoms with van der Waals surface area (Å²) in [6, 6.07) is 2.00. The van der Waals surface area contributed by atoms with Gasteiger partial charge in [0.15, 0.2) is 6.23 Å². The summed E-state index contributed by atoms with van der Waals surface area (Å²) in [5.41, 5.74) is -2.86. The average molecular weight is 286 g/mol. The molecule has 9 nitrogen and oxygen atoms in total. The fourth-order valence-electron chi connectivity index (χ4n) is 2.17. The van der Waals surface area contributed by atoms with Gasteiger partial charge in [-0.2, -0.15) is 0 Å². The summed E-state index contributed by atoms with van der Waals surface area (Å²) in [6.45, 7) is 0.667. The predicted molar refractivity (Wildman–Crippen MR) is 65.0 cm³/mol. The van der Waals surface area contributed by atoms with Crippen LogP contribution in [0.1, 0.15) is 13.2 Å². The number of aliphatic hydroxyl groups excluding tert-OH is 2. The third-order valence-electron chi connectivity index (χ3n) is 3.32. The zero-order chi connectivity index (χ0) is 15.1. The highest BCUT2D eigenvalue weighted by atomic mass is 16.6. The molecular formula is C11H14N2O7. The molecule has 1 fully saturated rings. The maximum Gasteiger partial charge on any atom is 0.285 e. The summed E-state index contributed by atoms with van der Waals surface area (Å²) in [6.07, 6.45) is -2.92. The molecule has 0 radical (unpaired) electrons. The van der Waals surface area contributed by atoms with Gasteiger partial charge in [-0.25, -0.2) is 0 Å². The molecule has 9 heteroatoms. The molecule has 0 amide bonds. The van der Waals surface area contributed by atoms with Crippen molar-refractivity contribution in [3.05, 3.63) is 38.8 Å². The van der Waals surface area contributed by atoms with Crippen molar-refractivity contribution >= 4 is 5.69 Å². The summed E-state index contributed by atoms with van der Waals surface area (Å²) >= 11 is 0. The molecule has 1 aliphatic heterocycles. The van der Waals surface area contributed by atoms with Crippen LogP contribution in [0.3, 0.4) is 0 Å². The standard InChI is InChI=1S/C11H14N2O7/c1-11(17)9(16)7(5-14)20-10(11)12-4-6(13(18)19)2-3-8(12)15/h2-4,7,9-10,14,16-17H,5H2,1H3/t7-,9?,10-,11+/m1/s1. The summed E-state index contributed by atoms with van der Waals surface area (Å²) in [7, 11) is 0. The molecule has 20 heavy (non-hydrogen) atoms. The van der Waals surface area contributed by atoms with Crippen LogP contribution in [0.2, 0.25) is 0 Å². The summed E-state index contributed by atoms with van der Waals surface area (Å²) in [5, 5.41) is 39.8. The fraction of sp³-hybridized carbons (Fsp3) is 0.545. The second-order valence-corrected chi connectivity index (χ2v) is 4.77. The number of aromatic nitrogens is 1. The number of ether oxygens (including phenoxy) is 1. The van der Waals surface area contributed by atoms with Gasteiger partial charge in [0, 0.05) is 12.1 Å². The number of nitro groups is 1. The van der Waals surface area contributed by atoms with Gasteiger partial charge >= 0.3 is 0 Å². The van der Waals surface area contributed by atoms with E-state index in [9.17, 15) is 25.1 Å². The molecule has 0 bridgehead atoms.